The van der Waals surface area contributed by atoms with Gasteiger partial charge in [-0.05, 0) is 12.8 Å². The summed E-state index contributed by atoms with van der Waals surface area (Å²) in [4.78, 5) is 0. The van der Waals surface area contributed by atoms with E-state index in [1.54, 1.807) is 7.11 Å². The molecule has 0 spiro atoms. The van der Waals surface area contributed by atoms with E-state index in [9.17, 15) is 0 Å². The first-order valence-corrected chi connectivity index (χ1v) is 7.27. The molecule has 0 aliphatic carbocycles. The third-order valence-electron chi connectivity index (χ3n) is 2.87. The number of rotatable bonds is 14. The zero-order chi connectivity index (χ0) is 14.3. The largest absolute Gasteiger partial charge is 0.382 e. The lowest BCUT2D eigenvalue weighted by molar-refractivity contribution is -0.0243. The van der Waals surface area contributed by atoms with Gasteiger partial charge in [0.25, 0.3) is 0 Å². The summed E-state index contributed by atoms with van der Waals surface area (Å²) in [5, 5.41) is 0. The fourth-order valence-electron chi connectivity index (χ4n) is 1.79. The highest BCUT2D eigenvalue weighted by Crippen LogP contribution is 2.07. The zero-order valence-corrected chi connectivity index (χ0v) is 12.7. The predicted octanol–water partition coefficient (Wildman–Crippen LogP) is 1.59. The van der Waals surface area contributed by atoms with Crippen LogP contribution < -0.4 is 5.73 Å². The Morgan fingerprint density at radius 3 is 2.00 bits per heavy atom. The molecule has 2 N–H and O–H groups in total. The molecular formula is C14H31NO4. The molecule has 2 unspecified atom stereocenters. The topological polar surface area (TPSA) is 62.9 Å². The highest BCUT2D eigenvalue weighted by molar-refractivity contribution is 4.71. The van der Waals surface area contributed by atoms with E-state index in [0.29, 0.717) is 39.6 Å². The van der Waals surface area contributed by atoms with Gasteiger partial charge in [-0.2, -0.15) is 0 Å². The summed E-state index contributed by atoms with van der Waals surface area (Å²) >= 11 is 0. The van der Waals surface area contributed by atoms with E-state index in [0.717, 1.165) is 19.3 Å². The summed E-state index contributed by atoms with van der Waals surface area (Å²) in [6.45, 7) is 7.83. The zero-order valence-electron chi connectivity index (χ0n) is 12.7. The van der Waals surface area contributed by atoms with Crippen molar-refractivity contribution in [2.24, 2.45) is 5.73 Å². The number of methoxy groups -OCH3 is 1. The highest BCUT2D eigenvalue weighted by atomic mass is 16.6. The maximum Gasteiger partial charge on any atom is 0.0724 e. The molecule has 0 aromatic rings. The van der Waals surface area contributed by atoms with E-state index in [2.05, 4.69) is 13.8 Å². The molecule has 0 aromatic carbocycles. The van der Waals surface area contributed by atoms with Crippen molar-refractivity contribution in [2.75, 3.05) is 46.8 Å². The van der Waals surface area contributed by atoms with Crippen molar-refractivity contribution < 1.29 is 18.9 Å². The molecule has 0 saturated heterocycles. The number of hydrogen-bond donors (Lipinski definition) is 1. The second kappa shape index (κ2) is 14.2. The first-order valence-electron chi connectivity index (χ1n) is 7.27. The van der Waals surface area contributed by atoms with Gasteiger partial charge in [-0.1, -0.05) is 20.3 Å². The van der Waals surface area contributed by atoms with Gasteiger partial charge in [0.15, 0.2) is 0 Å². The van der Waals surface area contributed by atoms with Gasteiger partial charge < -0.3 is 24.7 Å². The number of nitrogens with two attached hydrogens (primary N) is 1. The standard InChI is InChI=1S/C14H31NO4/c1-4-6-13(15)14(5-2)19-12-11-18-10-9-17-8-7-16-3/h13-14H,4-12,15H2,1-3H3. The second-order valence-electron chi connectivity index (χ2n) is 4.49. The van der Waals surface area contributed by atoms with Crippen LogP contribution in [0.3, 0.4) is 0 Å². The Labute approximate surface area is 117 Å². The summed E-state index contributed by atoms with van der Waals surface area (Å²) in [6, 6.07) is 0.132. The minimum absolute atomic E-state index is 0.132. The van der Waals surface area contributed by atoms with Gasteiger partial charge in [-0.25, -0.2) is 0 Å². The van der Waals surface area contributed by atoms with Crippen LogP contribution in [-0.2, 0) is 18.9 Å². The van der Waals surface area contributed by atoms with Crippen LogP contribution in [0.5, 0.6) is 0 Å². The molecule has 5 heteroatoms. The van der Waals surface area contributed by atoms with E-state index in [-0.39, 0.29) is 12.1 Å². The molecule has 0 saturated carbocycles. The van der Waals surface area contributed by atoms with Crippen molar-refractivity contribution in [1.29, 1.82) is 0 Å². The fourth-order valence-corrected chi connectivity index (χ4v) is 1.79. The molecule has 19 heavy (non-hydrogen) atoms. The smallest absolute Gasteiger partial charge is 0.0724 e. The maximum absolute atomic E-state index is 6.05. The summed E-state index contributed by atoms with van der Waals surface area (Å²) in [6.07, 6.45) is 3.19. The molecule has 116 valence electrons. The lowest BCUT2D eigenvalue weighted by Gasteiger charge is -2.22. The number of ether oxygens (including phenoxy) is 4. The van der Waals surface area contributed by atoms with Crippen molar-refractivity contribution in [3.8, 4) is 0 Å². The molecule has 0 rings (SSSR count). The Bertz CT molecular complexity index is 181. The van der Waals surface area contributed by atoms with Gasteiger partial charge in [0.05, 0.1) is 45.7 Å². The van der Waals surface area contributed by atoms with Crippen molar-refractivity contribution in [3.63, 3.8) is 0 Å². The molecule has 0 fully saturated rings. The van der Waals surface area contributed by atoms with Gasteiger partial charge in [-0.3, -0.25) is 0 Å². The molecule has 0 bridgehead atoms. The van der Waals surface area contributed by atoms with E-state index in [4.69, 9.17) is 24.7 Å². The van der Waals surface area contributed by atoms with Crippen molar-refractivity contribution in [3.05, 3.63) is 0 Å². The van der Waals surface area contributed by atoms with Gasteiger partial charge in [0.2, 0.25) is 0 Å². The lowest BCUT2D eigenvalue weighted by Crippen LogP contribution is -2.37. The third kappa shape index (κ3) is 11.3. The van der Waals surface area contributed by atoms with Crippen molar-refractivity contribution in [1.82, 2.24) is 0 Å². The van der Waals surface area contributed by atoms with Crippen molar-refractivity contribution >= 4 is 0 Å². The monoisotopic (exact) mass is 277 g/mol. The first-order chi connectivity index (χ1) is 9.26. The highest BCUT2D eigenvalue weighted by Gasteiger charge is 2.15. The van der Waals surface area contributed by atoms with Gasteiger partial charge in [-0.15, -0.1) is 0 Å². The van der Waals surface area contributed by atoms with Crippen LogP contribution in [-0.4, -0.2) is 58.9 Å². The normalized spacial score (nSPS) is 14.5. The Balaban J connectivity index is 3.36. The molecular weight excluding hydrogens is 246 g/mol. The third-order valence-corrected chi connectivity index (χ3v) is 2.87. The predicted molar refractivity (Wildman–Crippen MR) is 76.4 cm³/mol. The maximum atomic E-state index is 6.05. The summed E-state index contributed by atoms with van der Waals surface area (Å²) in [5.74, 6) is 0. The Morgan fingerprint density at radius 1 is 0.895 bits per heavy atom. The lowest BCUT2D eigenvalue weighted by atomic mass is 10.1. The average molecular weight is 277 g/mol. The van der Waals surface area contributed by atoms with Crippen LogP contribution >= 0.6 is 0 Å². The van der Waals surface area contributed by atoms with Crippen LogP contribution in [0.25, 0.3) is 0 Å². The molecule has 0 aromatic heterocycles. The Hall–Kier alpha value is -0.200. The molecule has 0 aliphatic heterocycles. The van der Waals surface area contributed by atoms with Crippen LogP contribution in [0, 0.1) is 0 Å². The molecule has 5 nitrogen and oxygen atoms in total. The molecule has 0 radical (unpaired) electrons. The minimum Gasteiger partial charge on any atom is -0.382 e. The van der Waals surface area contributed by atoms with E-state index < -0.39 is 0 Å². The first kappa shape index (κ1) is 18.8. The summed E-state index contributed by atoms with van der Waals surface area (Å²) < 4.78 is 21.3. The van der Waals surface area contributed by atoms with Crippen LogP contribution in [0.15, 0.2) is 0 Å². The van der Waals surface area contributed by atoms with Gasteiger partial charge >= 0.3 is 0 Å². The molecule has 0 heterocycles. The average Bonchev–Trinajstić information content (AvgIpc) is 2.41. The summed E-state index contributed by atoms with van der Waals surface area (Å²) in [5.41, 5.74) is 6.05. The van der Waals surface area contributed by atoms with E-state index in [1.807, 2.05) is 0 Å². The Morgan fingerprint density at radius 2 is 1.47 bits per heavy atom. The van der Waals surface area contributed by atoms with Crippen LogP contribution in [0.4, 0.5) is 0 Å². The van der Waals surface area contributed by atoms with Gasteiger partial charge in [0.1, 0.15) is 0 Å². The van der Waals surface area contributed by atoms with Crippen molar-refractivity contribution in [2.45, 2.75) is 45.3 Å². The Kier molecular flexibility index (Phi) is 14.1. The van der Waals surface area contributed by atoms with E-state index >= 15 is 0 Å². The molecule has 0 amide bonds. The van der Waals surface area contributed by atoms with Crippen LogP contribution in [0.1, 0.15) is 33.1 Å². The summed E-state index contributed by atoms with van der Waals surface area (Å²) in [7, 11) is 1.66. The number of hydrogen-bond acceptors (Lipinski definition) is 5. The minimum atomic E-state index is 0.132. The molecule has 2 atom stereocenters. The fraction of sp³-hybridized carbons (Fsp3) is 1.00. The van der Waals surface area contributed by atoms with Crippen LogP contribution in [0.2, 0.25) is 0 Å². The second-order valence-corrected chi connectivity index (χ2v) is 4.49. The SMILES string of the molecule is CCCC(N)C(CC)OCCOCCOCCOC. The quantitative estimate of drug-likeness (QED) is 0.489. The molecule has 0 aliphatic rings. The van der Waals surface area contributed by atoms with Gasteiger partial charge in [0, 0.05) is 13.2 Å². The van der Waals surface area contributed by atoms with E-state index in [1.165, 1.54) is 0 Å².